The van der Waals surface area contributed by atoms with Crippen LogP contribution in [0.15, 0.2) is 53.5 Å². The van der Waals surface area contributed by atoms with Crippen molar-refractivity contribution in [2.75, 3.05) is 18.1 Å². The van der Waals surface area contributed by atoms with Crippen LogP contribution in [0.2, 0.25) is 0 Å². The SMILES string of the molecule is COc1c(/C=C/c2ccc(NS(C)(=O)=O)cc2C#N)cc(-c2ccc[nH]c2=O)cc1C(C)(C)C. The molecular formula is C26H27N3O4S. The van der Waals surface area contributed by atoms with E-state index in [1.54, 1.807) is 43.6 Å². The Labute approximate surface area is 199 Å². The van der Waals surface area contributed by atoms with Gasteiger partial charge < -0.3 is 9.72 Å². The van der Waals surface area contributed by atoms with E-state index in [2.05, 4.69) is 36.5 Å². The van der Waals surface area contributed by atoms with Crippen LogP contribution in [0.3, 0.4) is 0 Å². The molecule has 3 aromatic rings. The molecule has 0 radical (unpaired) electrons. The van der Waals surface area contributed by atoms with Gasteiger partial charge >= 0.3 is 0 Å². The average molecular weight is 478 g/mol. The highest BCUT2D eigenvalue weighted by Crippen LogP contribution is 2.38. The lowest BCUT2D eigenvalue weighted by atomic mass is 9.83. The van der Waals surface area contributed by atoms with Gasteiger partial charge in [0.25, 0.3) is 5.56 Å². The highest BCUT2D eigenvalue weighted by Gasteiger charge is 2.22. The number of hydrogen-bond donors (Lipinski definition) is 2. The van der Waals surface area contributed by atoms with Crippen molar-refractivity contribution in [2.45, 2.75) is 26.2 Å². The topological polar surface area (TPSA) is 112 Å². The van der Waals surface area contributed by atoms with Gasteiger partial charge in [-0.2, -0.15) is 5.26 Å². The van der Waals surface area contributed by atoms with Gasteiger partial charge in [-0.25, -0.2) is 8.42 Å². The van der Waals surface area contributed by atoms with Crippen LogP contribution in [0.5, 0.6) is 5.75 Å². The van der Waals surface area contributed by atoms with Gasteiger partial charge in [0.1, 0.15) is 5.75 Å². The van der Waals surface area contributed by atoms with Crippen molar-refractivity contribution < 1.29 is 13.2 Å². The molecule has 0 spiro atoms. The highest BCUT2D eigenvalue weighted by molar-refractivity contribution is 7.92. The Morgan fingerprint density at radius 2 is 1.79 bits per heavy atom. The van der Waals surface area contributed by atoms with E-state index in [9.17, 15) is 18.5 Å². The number of pyridine rings is 1. The molecule has 1 heterocycles. The number of sulfonamides is 1. The summed E-state index contributed by atoms with van der Waals surface area (Å²) in [5.74, 6) is 0.675. The third-order valence-corrected chi connectivity index (χ3v) is 5.78. The van der Waals surface area contributed by atoms with Gasteiger partial charge in [-0.05, 0) is 52.9 Å². The number of aromatic amines is 1. The predicted molar refractivity (Wildman–Crippen MR) is 136 cm³/mol. The molecular weight excluding hydrogens is 450 g/mol. The second kappa shape index (κ2) is 9.57. The van der Waals surface area contributed by atoms with Gasteiger partial charge in [0.05, 0.1) is 25.0 Å². The molecule has 8 heteroatoms. The van der Waals surface area contributed by atoms with Gasteiger partial charge in [0.2, 0.25) is 10.0 Å². The van der Waals surface area contributed by atoms with Crippen LogP contribution in [0.4, 0.5) is 5.69 Å². The second-order valence-electron chi connectivity index (χ2n) is 8.93. The number of hydrogen-bond acceptors (Lipinski definition) is 5. The maximum absolute atomic E-state index is 12.5. The maximum Gasteiger partial charge on any atom is 0.255 e. The first-order valence-corrected chi connectivity index (χ1v) is 12.4. The molecule has 3 rings (SSSR count). The van der Waals surface area contributed by atoms with Crippen molar-refractivity contribution in [3.63, 3.8) is 0 Å². The van der Waals surface area contributed by atoms with Crippen molar-refractivity contribution in [3.8, 4) is 22.9 Å². The fourth-order valence-electron chi connectivity index (χ4n) is 3.62. The highest BCUT2D eigenvalue weighted by atomic mass is 32.2. The molecule has 1 aromatic heterocycles. The zero-order valence-corrected chi connectivity index (χ0v) is 20.6. The lowest BCUT2D eigenvalue weighted by Gasteiger charge is -2.24. The van der Waals surface area contributed by atoms with Crippen LogP contribution in [-0.2, 0) is 15.4 Å². The molecule has 0 aliphatic heterocycles. The maximum atomic E-state index is 12.5. The summed E-state index contributed by atoms with van der Waals surface area (Å²) in [6.07, 6.45) is 6.24. The molecule has 0 fully saturated rings. The smallest absolute Gasteiger partial charge is 0.255 e. The van der Waals surface area contributed by atoms with Gasteiger partial charge in [-0.1, -0.05) is 39.0 Å². The fraction of sp³-hybridized carbons (Fsp3) is 0.231. The van der Waals surface area contributed by atoms with E-state index >= 15 is 0 Å². The summed E-state index contributed by atoms with van der Waals surface area (Å²) in [7, 11) is -1.85. The van der Waals surface area contributed by atoms with Crippen LogP contribution in [0.25, 0.3) is 23.3 Å². The van der Waals surface area contributed by atoms with Crippen LogP contribution in [0, 0.1) is 11.3 Å². The molecule has 34 heavy (non-hydrogen) atoms. The van der Waals surface area contributed by atoms with Crippen molar-refractivity contribution >= 4 is 27.9 Å². The minimum atomic E-state index is -3.45. The van der Waals surface area contributed by atoms with Crippen molar-refractivity contribution in [2.24, 2.45) is 0 Å². The van der Waals surface area contributed by atoms with E-state index in [1.165, 1.54) is 6.07 Å². The molecule has 0 saturated heterocycles. The Balaban J connectivity index is 2.16. The van der Waals surface area contributed by atoms with Gasteiger partial charge in [0.15, 0.2) is 0 Å². The van der Waals surface area contributed by atoms with E-state index in [1.807, 2.05) is 18.2 Å². The van der Waals surface area contributed by atoms with E-state index in [0.29, 0.717) is 28.1 Å². The van der Waals surface area contributed by atoms with Gasteiger partial charge in [0, 0.05) is 28.6 Å². The molecule has 0 amide bonds. The number of anilines is 1. The Kier molecular flexibility index (Phi) is 6.99. The Hall–Kier alpha value is -3.83. The first-order valence-electron chi connectivity index (χ1n) is 10.5. The standard InChI is InChI=1S/C26H27N3O4S/c1-26(2,3)23-15-19(22-7-6-12-28-25(22)30)13-18(24(23)33-4)9-8-17-10-11-21(14-20(17)16-27)29-34(5,31)32/h6-15,29H,1-5H3,(H,28,30)/b9-8+. The third kappa shape index (κ3) is 5.74. The van der Waals surface area contributed by atoms with Gasteiger partial charge in [-0.3, -0.25) is 9.52 Å². The van der Waals surface area contributed by atoms with Crippen molar-refractivity contribution in [1.82, 2.24) is 4.98 Å². The summed E-state index contributed by atoms with van der Waals surface area (Å²) in [5.41, 5.74) is 3.76. The Bertz CT molecular complexity index is 1460. The molecule has 0 aliphatic carbocycles. The Morgan fingerprint density at radius 1 is 1.09 bits per heavy atom. The molecule has 0 unspecified atom stereocenters. The summed E-state index contributed by atoms with van der Waals surface area (Å²) in [6, 6.07) is 14.2. The summed E-state index contributed by atoms with van der Waals surface area (Å²) in [6.45, 7) is 6.20. The molecule has 0 bridgehead atoms. The number of nitrogens with one attached hydrogen (secondary N) is 2. The first kappa shape index (κ1) is 24.8. The number of nitriles is 1. The van der Waals surface area contributed by atoms with Gasteiger partial charge in [-0.15, -0.1) is 0 Å². The number of ether oxygens (including phenoxy) is 1. The summed E-state index contributed by atoms with van der Waals surface area (Å²) in [4.78, 5) is 15.2. The number of nitrogens with zero attached hydrogens (tertiary/aromatic N) is 1. The summed E-state index contributed by atoms with van der Waals surface area (Å²) >= 11 is 0. The molecule has 176 valence electrons. The van der Waals surface area contributed by atoms with E-state index in [-0.39, 0.29) is 11.0 Å². The third-order valence-electron chi connectivity index (χ3n) is 5.18. The van der Waals surface area contributed by atoms with Crippen molar-refractivity contribution in [1.29, 1.82) is 5.26 Å². The number of H-pyrrole nitrogens is 1. The van der Waals surface area contributed by atoms with E-state index < -0.39 is 10.0 Å². The summed E-state index contributed by atoms with van der Waals surface area (Å²) in [5, 5.41) is 9.59. The largest absolute Gasteiger partial charge is 0.496 e. The zero-order chi connectivity index (χ0) is 25.1. The minimum Gasteiger partial charge on any atom is -0.496 e. The average Bonchev–Trinajstić information content (AvgIpc) is 2.76. The van der Waals surface area contributed by atoms with E-state index in [0.717, 1.165) is 22.9 Å². The number of methoxy groups -OCH3 is 1. The van der Waals surface area contributed by atoms with Crippen LogP contribution < -0.4 is 15.0 Å². The summed E-state index contributed by atoms with van der Waals surface area (Å²) < 4.78 is 31.2. The molecule has 0 aliphatic rings. The predicted octanol–water partition coefficient (Wildman–Crippen LogP) is 4.76. The number of aromatic nitrogens is 1. The number of rotatable bonds is 6. The molecule has 0 saturated carbocycles. The minimum absolute atomic E-state index is 0.191. The lowest BCUT2D eigenvalue weighted by Crippen LogP contribution is -2.15. The van der Waals surface area contributed by atoms with Crippen LogP contribution in [0.1, 0.15) is 43.0 Å². The molecule has 2 aromatic carbocycles. The first-order chi connectivity index (χ1) is 15.9. The zero-order valence-electron chi connectivity index (χ0n) is 19.8. The van der Waals surface area contributed by atoms with Crippen LogP contribution >= 0.6 is 0 Å². The molecule has 7 nitrogen and oxygen atoms in total. The quantitative estimate of drug-likeness (QED) is 0.497. The molecule has 0 atom stereocenters. The molecule has 2 N–H and O–H groups in total. The van der Waals surface area contributed by atoms with Crippen molar-refractivity contribution in [3.05, 3.63) is 81.3 Å². The Morgan fingerprint density at radius 3 is 2.38 bits per heavy atom. The normalized spacial score (nSPS) is 11.9. The lowest BCUT2D eigenvalue weighted by molar-refractivity contribution is 0.397. The number of benzene rings is 2. The van der Waals surface area contributed by atoms with Crippen LogP contribution in [-0.4, -0.2) is 26.8 Å². The fourth-order valence-corrected chi connectivity index (χ4v) is 4.18. The monoisotopic (exact) mass is 477 g/mol. The van der Waals surface area contributed by atoms with E-state index in [4.69, 9.17) is 4.74 Å². The second-order valence-corrected chi connectivity index (χ2v) is 10.7.